The summed E-state index contributed by atoms with van der Waals surface area (Å²) in [5, 5.41) is 80.8. The molecule has 5 aliphatic rings. The number of quaternary nitrogens is 1. The minimum atomic E-state index is -2.07. The number of ether oxygens (including phenoxy) is 4. The third-order valence-electron chi connectivity index (χ3n) is 13.8. The number of carbonyl (C=O) groups is 3. The zero-order chi connectivity index (χ0) is 47.0. The van der Waals surface area contributed by atoms with Crippen LogP contribution >= 0.6 is 0 Å². The van der Waals surface area contributed by atoms with Gasteiger partial charge in [0.1, 0.15) is 23.4 Å². The van der Waals surface area contributed by atoms with E-state index >= 15 is 0 Å². The number of esters is 1. The molecule has 1 amide bonds. The molecule has 0 spiro atoms. The van der Waals surface area contributed by atoms with Crippen LogP contribution in [0.25, 0.3) is 10.8 Å². The predicted molar refractivity (Wildman–Crippen MR) is 239 cm³/mol. The minimum absolute atomic E-state index is 0.0350. The number of anilines is 1. The number of nitrogens with zero attached hydrogens (tertiary/aromatic N) is 3. The van der Waals surface area contributed by atoms with E-state index in [4.69, 9.17) is 18.9 Å². The molecule has 1 saturated carbocycles. The van der Waals surface area contributed by atoms with Crippen LogP contribution in [-0.2, 0) is 23.8 Å². The number of nitrogens with one attached hydrogen (secondary N) is 1. The largest absolute Gasteiger partial charge is 0.632 e. The standard InChI is InChI=1S/C47H64N4O13/c1-24-13-12-14-25(2)46(59)49-37-32(23-48-50-18-20-51(60,21-19-50)31-15-10-11-16-31)41(56)34-35(42(37)57)40(55)29(6)44-36(34)45(58)47(8,64-44)62-22-17-33(61-9)26(3)43(63-30(7)52)28(5)39(54)27(4)38(24)53/h12-14,17,22-24,26-28,31,33,38-39,43,53-57H,10-11,15-16,18-21H2,1-9H3,(H,49,59)/b13-12+,22-17+,25-14-,48-23-/t24-,26+,27+,28+,33-,38-,39+,43+,47-/m0/s1. The summed E-state index contributed by atoms with van der Waals surface area (Å²) in [7, 11) is 1.43. The van der Waals surface area contributed by atoms with E-state index in [0.717, 1.165) is 25.7 Å². The molecular weight excluding hydrogens is 829 g/mol. The van der Waals surface area contributed by atoms with E-state index in [-0.39, 0.29) is 55.2 Å². The van der Waals surface area contributed by atoms with Crippen molar-refractivity contribution >= 4 is 40.3 Å². The van der Waals surface area contributed by atoms with Gasteiger partial charge in [-0.3, -0.25) is 19.4 Å². The summed E-state index contributed by atoms with van der Waals surface area (Å²) in [6.45, 7) is 13.7. The molecule has 0 unspecified atom stereocenters. The first kappa shape index (κ1) is 48.3. The summed E-state index contributed by atoms with van der Waals surface area (Å²) < 4.78 is 23.4. The number of ketones is 1. The Labute approximate surface area is 373 Å². The van der Waals surface area contributed by atoms with Gasteiger partial charge in [-0.2, -0.15) is 5.10 Å². The maximum atomic E-state index is 14.5. The maximum absolute atomic E-state index is 14.5. The van der Waals surface area contributed by atoms with Crippen molar-refractivity contribution in [2.45, 2.75) is 117 Å². The Kier molecular flexibility index (Phi) is 14.4. The van der Waals surface area contributed by atoms with Crippen molar-refractivity contribution in [1.29, 1.82) is 0 Å². The summed E-state index contributed by atoms with van der Waals surface area (Å²) in [6.07, 6.45) is 8.54. The fourth-order valence-electron chi connectivity index (χ4n) is 9.66. The van der Waals surface area contributed by atoms with Crippen LogP contribution in [0.1, 0.15) is 95.6 Å². The summed E-state index contributed by atoms with van der Waals surface area (Å²) >= 11 is 0. The fourth-order valence-corrected chi connectivity index (χ4v) is 9.66. The number of methoxy groups -OCH3 is 1. The third-order valence-corrected chi connectivity index (χ3v) is 13.8. The molecule has 1 saturated heterocycles. The SMILES string of the molecule is CO[C@H]1/C=C/O[C@@]2(C)Oc3c(C)c(O)c4c(O)c(c(/C=N\N5CC[N+]([O-])(C6CCCC6)CC5)c(O)c4c3C2=O)NC(=O)/C(C)=C\C=C\[C@H](C)[C@H](O)[C@@H](C)[C@@H](O)[C@@H](C)[C@H](OC(C)=O)[C@@H]1C. The smallest absolute Gasteiger partial charge is 0.312 e. The van der Waals surface area contributed by atoms with Crippen LogP contribution in [0.5, 0.6) is 23.0 Å². The molecule has 9 atom stereocenters. The van der Waals surface area contributed by atoms with Crippen molar-refractivity contribution in [3.05, 3.63) is 58.0 Å². The van der Waals surface area contributed by atoms with Crippen LogP contribution < -0.4 is 10.1 Å². The average Bonchev–Trinajstić information content (AvgIpc) is 3.91. The van der Waals surface area contributed by atoms with Gasteiger partial charge in [0.2, 0.25) is 0 Å². The van der Waals surface area contributed by atoms with Gasteiger partial charge in [0, 0.05) is 61.2 Å². The second kappa shape index (κ2) is 19.1. The molecule has 2 aromatic rings. The lowest BCUT2D eigenvalue weighted by atomic mass is 9.78. The molecule has 4 aliphatic heterocycles. The number of phenolic OH excluding ortho intramolecular Hbond substituents is 3. The van der Waals surface area contributed by atoms with Crippen LogP contribution in [0, 0.1) is 35.8 Å². The van der Waals surface area contributed by atoms with Gasteiger partial charge in [-0.25, -0.2) is 0 Å². The molecule has 17 nitrogen and oxygen atoms in total. The van der Waals surface area contributed by atoms with Crippen molar-refractivity contribution in [1.82, 2.24) is 5.01 Å². The highest BCUT2D eigenvalue weighted by Gasteiger charge is 2.50. The van der Waals surface area contributed by atoms with Crippen LogP contribution in [0.4, 0.5) is 5.69 Å². The number of hydrogen-bond donors (Lipinski definition) is 6. The molecule has 350 valence electrons. The quantitative estimate of drug-likeness (QED) is 0.0531. The number of phenols is 3. The molecule has 5 bridgehead atoms. The Morgan fingerprint density at radius 2 is 1.62 bits per heavy atom. The number of hydroxylamine groups is 3. The van der Waals surface area contributed by atoms with Gasteiger partial charge in [0.05, 0.1) is 85.2 Å². The summed E-state index contributed by atoms with van der Waals surface area (Å²) in [6, 6.07) is 0.0489. The number of amides is 1. The molecule has 0 aromatic heterocycles. The van der Waals surface area contributed by atoms with Gasteiger partial charge in [-0.1, -0.05) is 45.9 Å². The van der Waals surface area contributed by atoms with E-state index in [1.54, 1.807) is 44.9 Å². The number of hydrogen-bond acceptors (Lipinski definition) is 15. The number of rotatable bonds is 5. The highest BCUT2D eigenvalue weighted by Crippen LogP contribution is 2.55. The summed E-state index contributed by atoms with van der Waals surface area (Å²) in [5.41, 5.74) is -0.524. The molecule has 2 fully saturated rings. The number of aromatic hydroxyl groups is 3. The second-order valence-corrected chi connectivity index (χ2v) is 18.2. The highest BCUT2D eigenvalue weighted by atomic mass is 16.7. The fraction of sp³-hybridized carbons (Fsp3) is 0.574. The number of fused-ring (bicyclic) bond motifs is 14. The summed E-state index contributed by atoms with van der Waals surface area (Å²) in [4.78, 5) is 40.8. The number of benzene rings is 2. The van der Waals surface area contributed by atoms with E-state index in [1.165, 1.54) is 59.4 Å². The Hall–Kier alpha value is -5.20. The number of aliphatic hydroxyl groups is 2. The zero-order valence-corrected chi connectivity index (χ0v) is 38.2. The number of piperazine rings is 1. The van der Waals surface area contributed by atoms with E-state index in [1.807, 2.05) is 0 Å². The Balaban J connectivity index is 1.48. The summed E-state index contributed by atoms with van der Waals surface area (Å²) in [5.74, 6) is -8.63. The first-order valence-electron chi connectivity index (χ1n) is 22.1. The van der Waals surface area contributed by atoms with Crippen molar-refractivity contribution < 1.29 is 63.5 Å². The van der Waals surface area contributed by atoms with Crippen molar-refractivity contribution in [3.8, 4) is 23.0 Å². The molecular formula is C47H64N4O13. The van der Waals surface area contributed by atoms with Crippen molar-refractivity contribution in [2.24, 2.45) is 28.8 Å². The lowest BCUT2D eigenvalue weighted by Gasteiger charge is -2.51. The number of allylic oxidation sites excluding steroid dienone is 2. The maximum Gasteiger partial charge on any atom is 0.312 e. The number of aliphatic hydroxyl groups excluding tert-OH is 2. The minimum Gasteiger partial charge on any atom is -0.632 e. The van der Waals surface area contributed by atoms with Gasteiger partial charge in [-0.15, -0.1) is 0 Å². The lowest BCUT2D eigenvalue weighted by molar-refractivity contribution is -0.909. The monoisotopic (exact) mass is 892 g/mol. The van der Waals surface area contributed by atoms with E-state index in [9.17, 15) is 45.1 Å². The molecule has 2 aromatic carbocycles. The Morgan fingerprint density at radius 3 is 2.25 bits per heavy atom. The van der Waals surface area contributed by atoms with Gasteiger partial charge < -0.3 is 59.7 Å². The normalized spacial score (nSPS) is 32.6. The molecule has 0 radical (unpaired) electrons. The molecule has 4 heterocycles. The topological polar surface area (TPSA) is 240 Å². The van der Waals surface area contributed by atoms with Gasteiger partial charge >= 0.3 is 11.8 Å². The van der Waals surface area contributed by atoms with Crippen LogP contribution in [0.15, 0.2) is 41.2 Å². The lowest BCUT2D eigenvalue weighted by Crippen LogP contribution is -2.59. The van der Waals surface area contributed by atoms with Crippen molar-refractivity contribution in [3.63, 3.8) is 0 Å². The predicted octanol–water partition coefficient (Wildman–Crippen LogP) is 5.66. The molecule has 17 heteroatoms. The van der Waals surface area contributed by atoms with Gasteiger partial charge in [0.15, 0.2) is 5.75 Å². The Bertz CT molecular complexity index is 2240. The molecule has 64 heavy (non-hydrogen) atoms. The van der Waals surface area contributed by atoms with Gasteiger partial charge in [0.25, 0.3) is 11.7 Å². The van der Waals surface area contributed by atoms with Gasteiger partial charge in [-0.05, 0) is 45.6 Å². The first-order chi connectivity index (χ1) is 30.1. The van der Waals surface area contributed by atoms with E-state index < -0.39 is 88.8 Å². The van der Waals surface area contributed by atoms with Crippen LogP contribution in [0.3, 0.4) is 0 Å². The number of Topliss-reactive ketones (excluding diaryl/α,β-unsaturated/α-hetero) is 1. The molecule has 7 rings (SSSR count). The zero-order valence-electron chi connectivity index (χ0n) is 38.2. The average molecular weight is 893 g/mol. The van der Waals surface area contributed by atoms with Crippen molar-refractivity contribution in [2.75, 3.05) is 38.6 Å². The first-order valence-corrected chi connectivity index (χ1v) is 22.1. The number of hydrazone groups is 1. The number of carbonyl (C=O) groups excluding carboxylic acids is 3. The van der Waals surface area contributed by atoms with Crippen LogP contribution in [-0.4, -0.2) is 129 Å². The second-order valence-electron chi connectivity index (χ2n) is 18.2. The molecule has 1 aliphatic carbocycles. The molecule has 6 N–H and O–H groups in total. The van der Waals surface area contributed by atoms with E-state index in [2.05, 4.69) is 10.4 Å². The third kappa shape index (κ3) is 9.18. The van der Waals surface area contributed by atoms with Crippen LogP contribution in [0.2, 0.25) is 0 Å². The Morgan fingerprint density at radius 1 is 0.969 bits per heavy atom. The highest BCUT2D eigenvalue weighted by molar-refractivity contribution is 6.23. The van der Waals surface area contributed by atoms with E-state index in [0.29, 0.717) is 26.2 Å².